The lowest BCUT2D eigenvalue weighted by Gasteiger charge is -2.12. The molecule has 0 fully saturated rings. The topological polar surface area (TPSA) is 64.3 Å². The van der Waals surface area contributed by atoms with Gasteiger partial charge in [-0.2, -0.15) is 0 Å². The van der Waals surface area contributed by atoms with Crippen LogP contribution in [0.3, 0.4) is 0 Å². The number of carbonyl (C=O) groups is 1. The molecule has 1 rings (SSSR count). The molecular formula is C8H6F4N2O2. The van der Waals surface area contributed by atoms with Crippen molar-refractivity contribution in [3.05, 3.63) is 29.6 Å². The Morgan fingerprint density at radius 3 is 2.50 bits per heavy atom. The van der Waals surface area contributed by atoms with Crippen molar-refractivity contribution in [2.24, 2.45) is 5.84 Å². The van der Waals surface area contributed by atoms with E-state index in [0.717, 1.165) is 12.1 Å². The smallest absolute Gasteiger partial charge is 0.405 e. The van der Waals surface area contributed by atoms with Crippen molar-refractivity contribution in [3.63, 3.8) is 0 Å². The third kappa shape index (κ3) is 3.09. The molecule has 0 atom stereocenters. The number of amides is 1. The van der Waals surface area contributed by atoms with Crippen LogP contribution in [0.25, 0.3) is 0 Å². The number of benzene rings is 1. The molecule has 1 amide bonds. The Balaban J connectivity index is 3.13. The second-order valence-electron chi connectivity index (χ2n) is 2.66. The highest BCUT2D eigenvalue weighted by molar-refractivity contribution is 5.96. The summed E-state index contributed by atoms with van der Waals surface area (Å²) in [6.07, 6.45) is -5.02. The molecule has 0 heterocycles. The Morgan fingerprint density at radius 1 is 1.38 bits per heavy atom. The summed E-state index contributed by atoms with van der Waals surface area (Å²) in [4.78, 5) is 11.0. The van der Waals surface area contributed by atoms with Crippen LogP contribution in [0.15, 0.2) is 18.2 Å². The molecule has 0 aromatic heterocycles. The first-order valence-electron chi connectivity index (χ1n) is 3.90. The number of rotatable bonds is 2. The van der Waals surface area contributed by atoms with Crippen molar-refractivity contribution in [2.45, 2.75) is 6.36 Å². The predicted molar refractivity (Wildman–Crippen MR) is 44.7 cm³/mol. The van der Waals surface area contributed by atoms with E-state index in [0.29, 0.717) is 6.07 Å². The molecule has 1 aromatic rings. The van der Waals surface area contributed by atoms with Crippen molar-refractivity contribution in [1.29, 1.82) is 0 Å². The van der Waals surface area contributed by atoms with Gasteiger partial charge < -0.3 is 4.74 Å². The molecule has 0 radical (unpaired) electrons. The van der Waals surface area contributed by atoms with E-state index in [2.05, 4.69) is 4.74 Å². The normalized spacial score (nSPS) is 11.1. The summed E-state index contributed by atoms with van der Waals surface area (Å²) in [5.74, 6) is 1.82. The van der Waals surface area contributed by atoms with Crippen molar-refractivity contribution >= 4 is 5.91 Å². The molecule has 4 nitrogen and oxygen atoms in total. The van der Waals surface area contributed by atoms with Crippen LogP contribution in [0.1, 0.15) is 10.4 Å². The maximum Gasteiger partial charge on any atom is 0.573 e. The molecular weight excluding hydrogens is 232 g/mol. The van der Waals surface area contributed by atoms with Gasteiger partial charge >= 0.3 is 6.36 Å². The zero-order chi connectivity index (χ0) is 12.3. The Morgan fingerprint density at radius 2 is 2.00 bits per heavy atom. The standard InChI is InChI=1S/C8H6F4N2O2/c9-4-1-2-5(7(15)14-13)6(3-4)16-8(10,11)12/h1-3H,13H2,(H,14,15). The number of hydrogen-bond donors (Lipinski definition) is 2. The molecule has 16 heavy (non-hydrogen) atoms. The van der Waals surface area contributed by atoms with Crippen molar-refractivity contribution in [3.8, 4) is 5.75 Å². The maximum absolute atomic E-state index is 12.7. The third-order valence-corrected chi connectivity index (χ3v) is 1.55. The number of hydrogen-bond acceptors (Lipinski definition) is 3. The summed E-state index contributed by atoms with van der Waals surface area (Å²) < 4.78 is 51.9. The van der Waals surface area contributed by atoms with Gasteiger partial charge in [0.1, 0.15) is 11.6 Å². The van der Waals surface area contributed by atoms with E-state index in [1.165, 1.54) is 0 Å². The largest absolute Gasteiger partial charge is 0.573 e. The minimum atomic E-state index is -5.02. The maximum atomic E-state index is 12.7. The summed E-state index contributed by atoms with van der Waals surface area (Å²) in [5, 5.41) is 0. The van der Waals surface area contributed by atoms with Crippen molar-refractivity contribution in [2.75, 3.05) is 0 Å². The molecule has 0 aliphatic carbocycles. The lowest BCUT2D eigenvalue weighted by Crippen LogP contribution is -2.31. The highest BCUT2D eigenvalue weighted by atomic mass is 19.4. The third-order valence-electron chi connectivity index (χ3n) is 1.55. The zero-order valence-corrected chi connectivity index (χ0v) is 7.64. The highest BCUT2D eigenvalue weighted by Crippen LogP contribution is 2.27. The monoisotopic (exact) mass is 238 g/mol. The van der Waals surface area contributed by atoms with Crippen LogP contribution in [-0.4, -0.2) is 12.3 Å². The molecule has 0 saturated heterocycles. The fraction of sp³-hybridized carbons (Fsp3) is 0.125. The first-order valence-corrected chi connectivity index (χ1v) is 3.90. The molecule has 0 aliphatic heterocycles. The van der Waals surface area contributed by atoms with E-state index in [1.54, 1.807) is 5.43 Å². The number of nitrogen functional groups attached to an aromatic ring is 1. The average molecular weight is 238 g/mol. The molecule has 0 spiro atoms. The zero-order valence-electron chi connectivity index (χ0n) is 7.64. The number of halogens is 4. The van der Waals surface area contributed by atoms with Crippen molar-refractivity contribution in [1.82, 2.24) is 5.43 Å². The number of nitrogens with two attached hydrogens (primary N) is 1. The quantitative estimate of drug-likeness (QED) is 0.353. The van der Waals surface area contributed by atoms with E-state index in [1.807, 2.05) is 0 Å². The number of carbonyl (C=O) groups excluding carboxylic acids is 1. The van der Waals surface area contributed by atoms with Gasteiger partial charge in [-0.25, -0.2) is 10.2 Å². The fourth-order valence-electron chi connectivity index (χ4n) is 0.971. The van der Waals surface area contributed by atoms with E-state index < -0.39 is 29.4 Å². The molecule has 88 valence electrons. The molecule has 0 saturated carbocycles. The van der Waals surface area contributed by atoms with Crippen LogP contribution in [0.2, 0.25) is 0 Å². The second-order valence-corrected chi connectivity index (χ2v) is 2.66. The number of nitrogens with one attached hydrogen (secondary N) is 1. The average Bonchev–Trinajstić information content (AvgIpc) is 2.14. The van der Waals surface area contributed by atoms with Crippen LogP contribution in [-0.2, 0) is 0 Å². The van der Waals surface area contributed by atoms with Gasteiger partial charge in [-0.15, -0.1) is 13.2 Å². The Hall–Kier alpha value is -1.83. The van der Waals surface area contributed by atoms with Gasteiger partial charge in [0.2, 0.25) is 0 Å². The lowest BCUT2D eigenvalue weighted by molar-refractivity contribution is -0.274. The van der Waals surface area contributed by atoms with E-state index in [-0.39, 0.29) is 0 Å². The summed E-state index contributed by atoms with van der Waals surface area (Å²) in [5.41, 5.74) is 1.11. The molecule has 0 unspecified atom stereocenters. The summed E-state index contributed by atoms with van der Waals surface area (Å²) in [7, 11) is 0. The van der Waals surface area contributed by atoms with Crippen LogP contribution >= 0.6 is 0 Å². The van der Waals surface area contributed by atoms with Crippen LogP contribution in [0, 0.1) is 5.82 Å². The minimum absolute atomic E-state index is 0.443. The number of ether oxygens (including phenoxy) is 1. The molecule has 3 N–H and O–H groups in total. The lowest BCUT2D eigenvalue weighted by atomic mass is 10.2. The van der Waals surface area contributed by atoms with Crippen LogP contribution in [0.4, 0.5) is 17.6 Å². The Bertz CT molecular complexity index is 406. The van der Waals surface area contributed by atoms with E-state index in [4.69, 9.17) is 5.84 Å². The first-order chi connectivity index (χ1) is 7.33. The molecule has 1 aromatic carbocycles. The Labute approximate surface area is 87.0 Å². The van der Waals surface area contributed by atoms with Gasteiger partial charge in [0.15, 0.2) is 0 Å². The van der Waals surface area contributed by atoms with Gasteiger partial charge in [-0.1, -0.05) is 0 Å². The fourth-order valence-corrected chi connectivity index (χ4v) is 0.971. The Kier molecular flexibility index (Phi) is 3.33. The van der Waals surface area contributed by atoms with Gasteiger partial charge in [0.05, 0.1) is 5.56 Å². The van der Waals surface area contributed by atoms with E-state index in [9.17, 15) is 22.4 Å². The second kappa shape index (κ2) is 4.35. The highest BCUT2D eigenvalue weighted by Gasteiger charge is 2.33. The van der Waals surface area contributed by atoms with Gasteiger partial charge in [0, 0.05) is 6.07 Å². The summed E-state index contributed by atoms with van der Waals surface area (Å²) in [6.45, 7) is 0. The SMILES string of the molecule is NNC(=O)c1ccc(F)cc1OC(F)(F)F. The van der Waals surface area contributed by atoms with E-state index >= 15 is 0 Å². The predicted octanol–water partition coefficient (Wildman–Crippen LogP) is 1.33. The number of alkyl halides is 3. The molecule has 0 aliphatic rings. The van der Waals surface area contributed by atoms with Crippen molar-refractivity contribution < 1.29 is 27.1 Å². The van der Waals surface area contributed by atoms with Crippen LogP contribution in [0.5, 0.6) is 5.75 Å². The van der Waals surface area contributed by atoms with Gasteiger partial charge in [0.25, 0.3) is 5.91 Å². The summed E-state index contributed by atoms with van der Waals surface area (Å²) >= 11 is 0. The summed E-state index contributed by atoms with van der Waals surface area (Å²) in [6, 6.07) is 2.09. The molecule has 8 heteroatoms. The number of hydrazine groups is 1. The van der Waals surface area contributed by atoms with Crippen LogP contribution < -0.4 is 16.0 Å². The van der Waals surface area contributed by atoms with Gasteiger partial charge in [-0.3, -0.25) is 10.2 Å². The van der Waals surface area contributed by atoms with Gasteiger partial charge in [-0.05, 0) is 12.1 Å². The minimum Gasteiger partial charge on any atom is -0.405 e. The molecule has 0 bridgehead atoms. The first kappa shape index (κ1) is 12.2.